The number of hydrogen-bond acceptors (Lipinski definition) is 3. The topological polar surface area (TPSA) is 67.4 Å². The molecule has 0 bridgehead atoms. The van der Waals surface area contributed by atoms with Crippen LogP contribution in [-0.4, -0.2) is 18.4 Å². The highest BCUT2D eigenvalue weighted by atomic mass is 16.5. The van der Waals surface area contributed by atoms with Gasteiger partial charge in [0.1, 0.15) is 5.75 Å². The van der Waals surface area contributed by atoms with Gasteiger partial charge in [-0.15, -0.1) is 0 Å². The van der Waals surface area contributed by atoms with Gasteiger partial charge >= 0.3 is 0 Å². The maximum absolute atomic E-state index is 12.0. The van der Waals surface area contributed by atoms with Crippen LogP contribution in [0.1, 0.15) is 32.3 Å². The van der Waals surface area contributed by atoms with Gasteiger partial charge in [-0.05, 0) is 41.8 Å². The molecule has 0 aromatic heterocycles. The van der Waals surface area contributed by atoms with Gasteiger partial charge in [-0.3, -0.25) is 9.59 Å². The average Bonchev–Trinajstić information content (AvgIpc) is 2.54. The van der Waals surface area contributed by atoms with Crippen molar-refractivity contribution in [2.45, 2.75) is 26.7 Å². The van der Waals surface area contributed by atoms with E-state index < -0.39 is 0 Å². The van der Waals surface area contributed by atoms with Gasteiger partial charge in [-0.2, -0.15) is 0 Å². The Hall–Kier alpha value is -2.82. The molecule has 0 spiro atoms. The predicted octanol–water partition coefficient (Wildman–Crippen LogP) is 3.79. The summed E-state index contributed by atoms with van der Waals surface area (Å²) >= 11 is 0. The second kappa shape index (κ2) is 8.15. The largest absolute Gasteiger partial charge is 0.483 e. The number of carbonyl (C=O) groups is 2. The lowest BCUT2D eigenvalue weighted by molar-refractivity contribution is -0.118. The standard InChI is InChI=1S/C19H22N2O3/c1-13(2)17-6-4-5-7-18(17)24-12-19(23)21-16-10-8-15(9-11-16)20-14(3)22/h4-11,13H,12H2,1-3H3,(H,20,22)(H,21,23). The van der Waals surface area contributed by atoms with Gasteiger partial charge in [0, 0.05) is 18.3 Å². The molecule has 0 aliphatic carbocycles. The second-order valence-corrected chi connectivity index (χ2v) is 5.79. The summed E-state index contributed by atoms with van der Waals surface area (Å²) in [5.41, 5.74) is 2.41. The highest BCUT2D eigenvalue weighted by Gasteiger charge is 2.09. The Bertz CT molecular complexity index is 709. The first-order valence-corrected chi connectivity index (χ1v) is 7.85. The van der Waals surface area contributed by atoms with E-state index >= 15 is 0 Å². The highest BCUT2D eigenvalue weighted by Crippen LogP contribution is 2.25. The van der Waals surface area contributed by atoms with Gasteiger partial charge in [-0.1, -0.05) is 32.0 Å². The Morgan fingerprint density at radius 2 is 1.54 bits per heavy atom. The summed E-state index contributed by atoms with van der Waals surface area (Å²) in [5, 5.41) is 5.44. The molecule has 2 rings (SSSR count). The molecule has 5 nitrogen and oxygen atoms in total. The quantitative estimate of drug-likeness (QED) is 0.849. The van der Waals surface area contributed by atoms with E-state index in [-0.39, 0.29) is 18.4 Å². The summed E-state index contributed by atoms with van der Waals surface area (Å²) < 4.78 is 5.64. The van der Waals surface area contributed by atoms with Crippen molar-refractivity contribution in [2.24, 2.45) is 0 Å². The highest BCUT2D eigenvalue weighted by molar-refractivity contribution is 5.93. The maximum Gasteiger partial charge on any atom is 0.262 e. The number of para-hydroxylation sites is 1. The van der Waals surface area contributed by atoms with E-state index in [0.717, 1.165) is 11.3 Å². The first kappa shape index (κ1) is 17.5. The van der Waals surface area contributed by atoms with Gasteiger partial charge in [-0.25, -0.2) is 0 Å². The number of hydrogen-bond donors (Lipinski definition) is 2. The van der Waals surface area contributed by atoms with Crippen LogP contribution in [-0.2, 0) is 9.59 Å². The zero-order valence-corrected chi connectivity index (χ0v) is 14.1. The third kappa shape index (κ3) is 5.12. The molecule has 0 aliphatic heterocycles. The molecule has 0 atom stereocenters. The second-order valence-electron chi connectivity index (χ2n) is 5.79. The monoisotopic (exact) mass is 326 g/mol. The minimum atomic E-state index is -0.235. The third-order valence-electron chi connectivity index (χ3n) is 3.39. The van der Waals surface area contributed by atoms with E-state index in [1.54, 1.807) is 24.3 Å². The molecule has 126 valence electrons. The van der Waals surface area contributed by atoms with Crippen LogP contribution in [0.5, 0.6) is 5.75 Å². The summed E-state index contributed by atoms with van der Waals surface area (Å²) in [6.45, 7) is 5.55. The van der Waals surface area contributed by atoms with Crippen LogP contribution >= 0.6 is 0 Å². The molecule has 5 heteroatoms. The van der Waals surface area contributed by atoms with Crippen LogP contribution in [0.15, 0.2) is 48.5 Å². The Labute approximate surface area is 142 Å². The van der Waals surface area contributed by atoms with Gasteiger partial charge in [0.05, 0.1) is 0 Å². The van der Waals surface area contributed by atoms with E-state index in [4.69, 9.17) is 4.74 Å². The van der Waals surface area contributed by atoms with E-state index in [1.807, 2.05) is 24.3 Å². The van der Waals surface area contributed by atoms with Gasteiger partial charge in [0.2, 0.25) is 5.91 Å². The SMILES string of the molecule is CC(=O)Nc1ccc(NC(=O)COc2ccccc2C(C)C)cc1. The van der Waals surface area contributed by atoms with Crippen molar-refractivity contribution >= 4 is 23.2 Å². The summed E-state index contributed by atoms with van der Waals surface area (Å²) in [6.07, 6.45) is 0. The van der Waals surface area contributed by atoms with Crippen LogP contribution < -0.4 is 15.4 Å². The molecule has 2 aromatic rings. The van der Waals surface area contributed by atoms with Crippen molar-refractivity contribution in [3.63, 3.8) is 0 Å². The first-order valence-electron chi connectivity index (χ1n) is 7.85. The zero-order valence-electron chi connectivity index (χ0n) is 14.1. The van der Waals surface area contributed by atoms with Crippen LogP contribution in [0.2, 0.25) is 0 Å². The third-order valence-corrected chi connectivity index (χ3v) is 3.39. The number of benzene rings is 2. The minimum Gasteiger partial charge on any atom is -0.483 e. The van der Waals surface area contributed by atoms with Crippen LogP contribution in [0.3, 0.4) is 0 Å². The Balaban J connectivity index is 1.91. The van der Waals surface area contributed by atoms with Crippen molar-refractivity contribution in [2.75, 3.05) is 17.2 Å². The van der Waals surface area contributed by atoms with Crippen molar-refractivity contribution in [3.05, 3.63) is 54.1 Å². The number of rotatable bonds is 6. The molecule has 0 unspecified atom stereocenters. The Kier molecular flexibility index (Phi) is 5.95. The lowest BCUT2D eigenvalue weighted by Crippen LogP contribution is -2.20. The fourth-order valence-corrected chi connectivity index (χ4v) is 2.27. The Morgan fingerprint density at radius 1 is 0.958 bits per heavy atom. The average molecular weight is 326 g/mol. The molecule has 2 amide bonds. The van der Waals surface area contributed by atoms with Gasteiger partial charge < -0.3 is 15.4 Å². The van der Waals surface area contributed by atoms with E-state index in [1.165, 1.54) is 6.92 Å². The fraction of sp³-hybridized carbons (Fsp3) is 0.263. The summed E-state index contributed by atoms with van der Waals surface area (Å²) in [7, 11) is 0. The predicted molar refractivity (Wildman–Crippen MR) is 95.4 cm³/mol. The molecule has 0 heterocycles. The van der Waals surface area contributed by atoms with E-state index in [2.05, 4.69) is 24.5 Å². The number of carbonyl (C=O) groups excluding carboxylic acids is 2. The number of amides is 2. The molecule has 0 radical (unpaired) electrons. The number of anilines is 2. The zero-order chi connectivity index (χ0) is 17.5. The fourth-order valence-electron chi connectivity index (χ4n) is 2.27. The lowest BCUT2D eigenvalue weighted by Gasteiger charge is -2.13. The first-order chi connectivity index (χ1) is 11.5. The molecule has 0 saturated heterocycles. The molecular weight excluding hydrogens is 304 g/mol. The number of nitrogens with one attached hydrogen (secondary N) is 2. The number of ether oxygens (including phenoxy) is 1. The molecule has 0 aliphatic rings. The van der Waals surface area contributed by atoms with Crippen molar-refractivity contribution in [3.8, 4) is 5.75 Å². The summed E-state index contributed by atoms with van der Waals surface area (Å²) in [6, 6.07) is 14.6. The Morgan fingerprint density at radius 3 is 2.12 bits per heavy atom. The van der Waals surface area contributed by atoms with Crippen molar-refractivity contribution < 1.29 is 14.3 Å². The van der Waals surface area contributed by atoms with Crippen molar-refractivity contribution in [1.82, 2.24) is 0 Å². The minimum absolute atomic E-state index is 0.0584. The molecule has 24 heavy (non-hydrogen) atoms. The van der Waals surface area contributed by atoms with Crippen LogP contribution in [0, 0.1) is 0 Å². The molecule has 2 aromatic carbocycles. The van der Waals surface area contributed by atoms with Gasteiger partial charge in [0.15, 0.2) is 6.61 Å². The molecular formula is C19H22N2O3. The van der Waals surface area contributed by atoms with Crippen LogP contribution in [0.4, 0.5) is 11.4 Å². The smallest absolute Gasteiger partial charge is 0.262 e. The summed E-state index contributed by atoms with van der Waals surface area (Å²) in [4.78, 5) is 23.0. The molecule has 2 N–H and O–H groups in total. The summed E-state index contributed by atoms with van der Waals surface area (Å²) in [5.74, 6) is 0.680. The normalized spacial score (nSPS) is 10.3. The molecule has 0 fully saturated rings. The van der Waals surface area contributed by atoms with E-state index in [9.17, 15) is 9.59 Å². The van der Waals surface area contributed by atoms with Crippen LogP contribution in [0.25, 0.3) is 0 Å². The van der Waals surface area contributed by atoms with Crippen molar-refractivity contribution in [1.29, 1.82) is 0 Å². The van der Waals surface area contributed by atoms with Gasteiger partial charge in [0.25, 0.3) is 5.91 Å². The van der Waals surface area contributed by atoms with E-state index in [0.29, 0.717) is 17.3 Å². The molecule has 0 saturated carbocycles. The lowest BCUT2D eigenvalue weighted by atomic mass is 10.0. The maximum atomic E-state index is 12.0.